The van der Waals surface area contributed by atoms with Crippen LogP contribution in [0.5, 0.6) is 0 Å². The number of esters is 1. The van der Waals surface area contributed by atoms with E-state index in [9.17, 15) is 29.3 Å². The third kappa shape index (κ3) is 4.31. The summed E-state index contributed by atoms with van der Waals surface area (Å²) < 4.78 is 4.72. The number of ether oxygens (including phenoxy) is 1. The van der Waals surface area contributed by atoms with Crippen molar-refractivity contribution in [3.05, 3.63) is 117 Å². The van der Waals surface area contributed by atoms with Crippen molar-refractivity contribution in [3.8, 4) is 0 Å². The highest BCUT2D eigenvalue weighted by atomic mass is 32.2. The number of carbonyl (C=O) groups is 4. The smallest absolute Gasteiger partial charge is 0.331 e. The van der Waals surface area contributed by atoms with Crippen LogP contribution in [0.3, 0.4) is 0 Å². The van der Waals surface area contributed by atoms with Crippen LogP contribution in [-0.2, 0) is 19.2 Å². The van der Waals surface area contributed by atoms with Crippen molar-refractivity contribution in [1.82, 2.24) is 9.80 Å². The van der Waals surface area contributed by atoms with Gasteiger partial charge in [-0.2, -0.15) is 0 Å². The molecule has 3 aromatic carbocycles. The summed E-state index contributed by atoms with van der Waals surface area (Å²) >= 11 is 1.07. The second kappa shape index (κ2) is 10.0. The van der Waals surface area contributed by atoms with Gasteiger partial charge in [-0.1, -0.05) is 72.8 Å². The van der Waals surface area contributed by atoms with Gasteiger partial charge in [-0.05, 0) is 30.2 Å². The fourth-order valence-electron chi connectivity index (χ4n) is 5.62. The van der Waals surface area contributed by atoms with Crippen LogP contribution in [0, 0.1) is 10.1 Å². The molecule has 0 aliphatic carbocycles. The van der Waals surface area contributed by atoms with E-state index in [0.717, 1.165) is 16.7 Å². The van der Waals surface area contributed by atoms with Crippen LogP contribution in [-0.4, -0.2) is 67.4 Å². The Bertz CT molecular complexity index is 1490. The third-order valence-electron chi connectivity index (χ3n) is 7.52. The molecule has 208 valence electrons. The van der Waals surface area contributed by atoms with Gasteiger partial charge in [0.15, 0.2) is 6.10 Å². The van der Waals surface area contributed by atoms with E-state index in [1.54, 1.807) is 67.6 Å². The number of rotatable bonds is 8. The van der Waals surface area contributed by atoms with Crippen LogP contribution in [0.2, 0.25) is 0 Å². The molecule has 11 nitrogen and oxygen atoms in total. The molecule has 2 saturated heterocycles. The molecular formula is C29H23N3O8S. The summed E-state index contributed by atoms with van der Waals surface area (Å²) in [5, 5.41) is 9.34. The molecule has 3 aliphatic rings. The number of amides is 3. The van der Waals surface area contributed by atoms with Gasteiger partial charge in [0.2, 0.25) is 0 Å². The Morgan fingerprint density at radius 2 is 1.44 bits per heavy atom. The monoisotopic (exact) mass is 573 g/mol. The summed E-state index contributed by atoms with van der Waals surface area (Å²) in [5.41, 5.74) is 1.76. The average Bonchev–Trinajstić information content (AvgIpc) is 3.40. The van der Waals surface area contributed by atoms with Crippen LogP contribution in [0.25, 0.3) is 0 Å². The van der Waals surface area contributed by atoms with Gasteiger partial charge in [0.25, 0.3) is 22.8 Å². The minimum Gasteiger partial charge on any atom is -0.451 e. The Morgan fingerprint density at radius 1 is 0.927 bits per heavy atom. The molecule has 3 amide bonds. The highest BCUT2D eigenvalue weighted by Gasteiger charge is 2.69. The lowest BCUT2D eigenvalue weighted by Gasteiger charge is -2.46. The number of β-lactam (4-membered cyclic amide) rings is 1. The van der Waals surface area contributed by atoms with E-state index in [1.807, 2.05) is 12.1 Å². The molecule has 12 heteroatoms. The zero-order valence-corrected chi connectivity index (χ0v) is 22.4. The van der Waals surface area contributed by atoms with Crippen molar-refractivity contribution in [1.29, 1.82) is 0 Å². The van der Waals surface area contributed by atoms with E-state index in [0.29, 0.717) is 11.1 Å². The maximum atomic E-state index is 13.9. The van der Waals surface area contributed by atoms with E-state index in [1.165, 1.54) is 17.0 Å². The molecule has 4 atom stereocenters. The van der Waals surface area contributed by atoms with Gasteiger partial charge in [0, 0.05) is 0 Å². The van der Waals surface area contributed by atoms with E-state index in [4.69, 9.17) is 9.57 Å². The van der Waals surface area contributed by atoms with Crippen molar-refractivity contribution in [2.45, 2.75) is 35.2 Å². The number of carbonyl (C=O) groups excluding carboxylic acids is 4. The minimum absolute atomic E-state index is 0.190. The summed E-state index contributed by atoms with van der Waals surface area (Å²) in [7, 11) is 0. The summed E-state index contributed by atoms with van der Waals surface area (Å²) in [6.07, 6.45) is -0.821. The van der Waals surface area contributed by atoms with Crippen molar-refractivity contribution in [3.63, 3.8) is 0 Å². The van der Waals surface area contributed by atoms with Crippen molar-refractivity contribution in [2.24, 2.45) is 0 Å². The topological polar surface area (TPSA) is 136 Å². The van der Waals surface area contributed by atoms with Crippen LogP contribution in [0.15, 0.2) is 84.9 Å². The zero-order chi connectivity index (χ0) is 28.9. The lowest BCUT2D eigenvalue weighted by molar-refractivity contribution is -0.758. The summed E-state index contributed by atoms with van der Waals surface area (Å²) in [4.78, 5) is 71.8. The molecule has 3 aliphatic heterocycles. The Labute approximate surface area is 238 Å². The molecule has 0 spiro atoms. The SMILES string of the molecule is C[C@@]1(CO[N+](=O)[O-])S[C@H]2C(N3C(=O)c4ccccc4C3=O)C(=O)N2C1C(=O)OC(c1ccccc1)c1ccccc1. The zero-order valence-electron chi connectivity index (χ0n) is 21.6. The second-order valence-corrected chi connectivity index (χ2v) is 11.7. The first-order chi connectivity index (χ1) is 19.7. The fourth-order valence-corrected chi connectivity index (χ4v) is 7.34. The van der Waals surface area contributed by atoms with Gasteiger partial charge >= 0.3 is 5.97 Å². The maximum Gasteiger partial charge on any atom is 0.331 e. The molecule has 2 unspecified atom stereocenters. The molecule has 3 aromatic rings. The van der Waals surface area contributed by atoms with Crippen molar-refractivity contribution in [2.75, 3.05) is 6.61 Å². The maximum absolute atomic E-state index is 13.9. The van der Waals surface area contributed by atoms with Crippen molar-refractivity contribution >= 4 is 35.5 Å². The molecule has 0 radical (unpaired) electrons. The summed E-state index contributed by atoms with van der Waals surface area (Å²) in [6.45, 7) is 1.04. The normalized spacial score (nSPS) is 24.6. The Balaban J connectivity index is 1.32. The third-order valence-corrected chi connectivity index (χ3v) is 9.13. The summed E-state index contributed by atoms with van der Waals surface area (Å²) in [6, 6.07) is 21.9. The Hall–Kier alpha value is -4.71. The Morgan fingerprint density at radius 3 is 1.95 bits per heavy atom. The highest BCUT2D eigenvalue weighted by molar-refractivity contribution is 8.01. The first-order valence-electron chi connectivity index (χ1n) is 12.8. The lowest BCUT2D eigenvalue weighted by Crippen LogP contribution is -2.71. The van der Waals surface area contributed by atoms with Gasteiger partial charge in [0.1, 0.15) is 24.1 Å². The predicted molar refractivity (Wildman–Crippen MR) is 145 cm³/mol. The van der Waals surface area contributed by atoms with E-state index in [-0.39, 0.29) is 11.1 Å². The number of hydrogen-bond acceptors (Lipinski definition) is 9. The molecule has 0 saturated carbocycles. The van der Waals surface area contributed by atoms with Gasteiger partial charge < -0.3 is 14.5 Å². The molecule has 2 fully saturated rings. The van der Waals surface area contributed by atoms with Crippen LogP contribution in [0.1, 0.15) is 44.9 Å². The number of fused-ring (bicyclic) bond motifs is 2. The molecular weight excluding hydrogens is 550 g/mol. The average molecular weight is 574 g/mol. The molecule has 0 N–H and O–H groups in total. The number of benzene rings is 3. The summed E-state index contributed by atoms with van der Waals surface area (Å²) in [5.74, 6) is -2.63. The van der Waals surface area contributed by atoms with Gasteiger partial charge in [-0.25, -0.2) is 4.79 Å². The lowest BCUT2D eigenvalue weighted by atomic mass is 9.94. The van der Waals surface area contributed by atoms with Crippen molar-refractivity contribution < 1.29 is 33.8 Å². The minimum atomic E-state index is -1.32. The van der Waals surface area contributed by atoms with E-state index in [2.05, 4.69) is 0 Å². The van der Waals surface area contributed by atoms with Gasteiger partial charge in [0.05, 0.1) is 15.9 Å². The van der Waals surface area contributed by atoms with Gasteiger partial charge in [-0.15, -0.1) is 21.9 Å². The fraction of sp³-hybridized carbons (Fsp3) is 0.241. The number of nitrogens with zero attached hydrogens (tertiary/aromatic N) is 3. The van der Waals surface area contributed by atoms with Crippen LogP contribution in [0.4, 0.5) is 0 Å². The molecule has 0 aromatic heterocycles. The second-order valence-electron chi connectivity index (χ2n) is 10.1. The Kier molecular flexibility index (Phi) is 6.49. The van der Waals surface area contributed by atoms with Gasteiger partial charge in [-0.3, -0.25) is 19.3 Å². The van der Waals surface area contributed by atoms with E-state index < -0.39 is 63.7 Å². The predicted octanol–water partition coefficient (Wildman–Crippen LogP) is 3.23. The highest BCUT2D eigenvalue weighted by Crippen LogP contribution is 2.54. The number of thioether (sulfide) groups is 1. The standard InChI is InChI=1S/C29H23N3O8S/c1-29(16-39-32(37)38)23(28(36)40-22(17-10-4-2-5-11-17)18-12-6-3-7-13-18)31-26(35)21(27(31)41-29)30-24(33)19-14-8-9-15-20(19)25(30)34/h2-15,21-23,27H,16H2,1H3/t21?,23?,27-,29-/m0/s1. The first-order valence-corrected chi connectivity index (χ1v) is 13.6. The van der Waals surface area contributed by atoms with Crippen LogP contribution >= 0.6 is 11.8 Å². The van der Waals surface area contributed by atoms with Crippen LogP contribution < -0.4 is 0 Å². The molecule has 0 bridgehead atoms. The largest absolute Gasteiger partial charge is 0.451 e. The molecule has 3 heterocycles. The number of hydrogen-bond donors (Lipinski definition) is 0. The quantitative estimate of drug-likeness (QED) is 0.131. The first kappa shape index (κ1) is 26.5. The number of imide groups is 1. The van der Waals surface area contributed by atoms with E-state index >= 15 is 0 Å². The molecule has 6 rings (SSSR count). The molecule has 41 heavy (non-hydrogen) atoms.